The van der Waals surface area contributed by atoms with E-state index in [-0.39, 0.29) is 5.91 Å². The zero-order valence-corrected chi connectivity index (χ0v) is 19.8. The molecule has 3 aromatic heterocycles. The minimum Gasteiger partial charge on any atom is -0.371 e. The fourth-order valence-corrected chi connectivity index (χ4v) is 5.53. The third kappa shape index (κ3) is 4.56. The van der Waals surface area contributed by atoms with E-state index in [9.17, 15) is 4.79 Å². The molecule has 1 aliphatic heterocycles. The number of anilines is 1. The van der Waals surface area contributed by atoms with Crippen LogP contribution in [0, 0.1) is 5.92 Å². The molecule has 0 bridgehead atoms. The van der Waals surface area contributed by atoms with Crippen molar-refractivity contribution in [2.75, 3.05) is 25.5 Å². The summed E-state index contributed by atoms with van der Waals surface area (Å²) in [5, 5.41) is 10.5. The van der Waals surface area contributed by atoms with E-state index in [4.69, 9.17) is 4.98 Å². The van der Waals surface area contributed by atoms with Crippen LogP contribution in [0.2, 0.25) is 0 Å². The monoisotopic (exact) mass is 463 g/mol. The maximum Gasteiger partial charge on any atom is 0.220 e. The second kappa shape index (κ2) is 9.44. The van der Waals surface area contributed by atoms with Crippen LogP contribution < -0.4 is 16.0 Å². The lowest BCUT2D eigenvalue weighted by molar-refractivity contribution is -0.121. The molecular weight excluding hydrogens is 434 g/mol. The van der Waals surface area contributed by atoms with Crippen molar-refractivity contribution in [3.05, 3.63) is 36.2 Å². The number of hydrogen-bond donors (Lipinski definition) is 3. The summed E-state index contributed by atoms with van der Waals surface area (Å²) in [6.45, 7) is 2.70. The van der Waals surface area contributed by atoms with E-state index in [1.165, 1.54) is 12.8 Å². The summed E-state index contributed by atoms with van der Waals surface area (Å²) in [6, 6.07) is 8.24. The van der Waals surface area contributed by atoms with E-state index < -0.39 is 0 Å². The van der Waals surface area contributed by atoms with Crippen molar-refractivity contribution < 1.29 is 4.79 Å². The van der Waals surface area contributed by atoms with Gasteiger partial charge in [-0.2, -0.15) is 0 Å². The number of nitrogens with one attached hydrogen (secondary N) is 3. The van der Waals surface area contributed by atoms with Crippen LogP contribution in [-0.2, 0) is 18.4 Å². The number of benzene rings is 1. The van der Waals surface area contributed by atoms with Gasteiger partial charge in [0.25, 0.3) is 0 Å². The summed E-state index contributed by atoms with van der Waals surface area (Å²) in [7, 11) is 3.84. The molecule has 0 aliphatic carbocycles. The number of aryl methyl sites for hydroxylation is 1. The van der Waals surface area contributed by atoms with Gasteiger partial charge in [0.15, 0.2) is 11.5 Å². The fourth-order valence-electron chi connectivity index (χ4n) is 4.43. The van der Waals surface area contributed by atoms with Crippen molar-refractivity contribution in [2.45, 2.75) is 32.2 Å². The maximum atomic E-state index is 12.3. The lowest BCUT2D eigenvalue weighted by atomic mass is 9.93. The Morgan fingerprint density at radius 1 is 1.21 bits per heavy atom. The third-order valence-electron chi connectivity index (χ3n) is 6.37. The average Bonchev–Trinajstić information content (AvgIpc) is 3.45. The molecule has 8 nitrogen and oxygen atoms in total. The molecule has 0 unspecified atom stereocenters. The Balaban J connectivity index is 1.26. The Morgan fingerprint density at radius 2 is 2.00 bits per heavy atom. The molecule has 33 heavy (non-hydrogen) atoms. The van der Waals surface area contributed by atoms with Gasteiger partial charge in [-0.3, -0.25) is 4.79 Å². The number of carbonyl (C=O) groups excluding carboxylic acids is 1. The largest absolute Gasteiger partial charge is 0.371 e. The third-order valence-corrected chi connectivity index (χ3v) is 7.47. The molecule has 9 heteroatoms. The van der Waals surface area contributed by atoms with E-state index in [2.05, 4.69) is 50.2 Å². The smallest absolute Gasteiger partial charge is 0.220 e. The standard InChI is InChI=1S/C24H29N7OS/c1-25-22-19-20(31(2)14-28-19)21-23(29-22)30-24(33-21)17-6-3-16(4-7-17)13-27-18(32)8-5-15-9-11-26-12-10-15/h3-4,6-7,14-15,26H,5,8-13H2,1-2H3,(H,25,29)(H,27,32). The molecule has 172 valence electrons. The van der Waals surface area contributed by atoms with Gasteiger partial charge in [-0.05, 0) is 43.8 Å². The van der Waals surface area contributed by atoms with Gasteiger partial charge in [0.1, 0.15) is 15.2 Å². The van der Waals surface area contributed by atoms with Crippen LogP contribution in [0.5, 0.6) is 0 Å². The summed E-state index contributed by atoms with van der Waals surface area (Å²) >= 11 is 1.63. The van der Waals surface area contributed by atoms with E-state index in [1.54, 1.807) is 11.3 Å². The summed E-state index contributed by atoms with van der Waals surface area (Å²) in [6.07, 6.45) is 5.76. The molecule has 1 aliphatic rings. The molecule has 0 spiro atoms. The molecule has 1 fully saturated rings. The number of pyridine rings is 1. The molecule has 1 saturated heterocycles. The van der Waals surface area contributed by atoms with Crippen LogP contribution in [0.15, 0.2) is 30.6 Å². The molecule has 1 aromatic carbocycles. The van der Waals surface area contributed by atoms with Gasteiger partial charge in [-0.1, -0.05) is 24.3 Å². The van der Waals surface area contributed by atoms with Crippen molar-refractivity contribution in [1.29, 1.82) is 0 Å². The van der Waals surface area contributed by atoms with Crippen LogP contribution in [0.25, 0.3) is 32.0 Å². The predicted octanol–water partition coefficient (Wildman–Crippen LogP) is 3.68. The number of carbonyl (C=O) groups is 1. The highest BCUT2D eigenvalue weighted by Crippen LogP contribution is 2.36. The zero-order valence-electron chi connectivity index (χ0n) is 19.0. The summed E-state index contributed by atoms with van der Waals surface area (Å²) in [4.78, 5) is 26.2. The minimum absolute atomic E-state index is 0.135. The fraction of sp³-hybridized carbons (Fsp3) is 0.417. The second-order valence-corrected chi connectivity index (χ2v) is 9.64. The number of nitrogens with zero attached hydrogens (tertiary/aromatic N) is 4. The molecule has 5 rings (SSSR count). The Labute approximate surface area is 196 Å². The van der Waals surface area contributed by atoms with Crippen molar-refractivity contribution in [2.24, 2.45) is 13.0 Å². The average molecular weight is 464 g/mol. The normalized spacial score (nSPS) is 14.7. The van der Waals surface area contributed by atoms with Gasteiger partial charge in [0, 0.05) is 32.6 Å². The first kappa shape index (κ1) is 21.8. The van der Waals surface area contributed by atoms with Crippen LogP contribution in [0.1, 0.15) is 31.2 Å². The SMILES string of the molecule is CNc1nc2nc(-c3ccc(CNC(=O)CCC4CCNCC4)cc3)sc2c2c1ncn2C. The molecule has 0 saturated carbocycles. The maximum absolute atomic E-state index is 12.3. The number of hydrogen-bond acceptors (Lipinski definition) is 7. The summed E-state index contributed by atoms with van der Waals surface area (Å²) < 4.78 is 3.04. The van der Waals surface area contributed by atoms with Crippen molar-refractivity contribution in [3.63, 3.8) is 0 Å². The highest BCUT2D eigenvalue weighted by atomic mass is 32.1. The molecule has 4 heterocycles. The molecule has 1 amide bonds. The highest BCUT2D eigenvalue weighted by molar-refractivity contribution is 7.22. The van der Waals surface area contributed by atoms with Crippen LogP contribution in [-0.4, -0.2) is 45.6 Å². The second-order valence-electron chi connectivity index (χ2n) is 8.64. The van der Waals surface area contributed by atoms with Crippen LogP contribution in [0.3, 0.4) is 0 Å². The lowest BCUT2D eigenvalue weighted by Gasteiger charge is -2.22. The zero-order chi connectivity index (χ0) is 22.8. The summed E-state index contributed by atoms with van der Waals surface area (Å²) in [5.74, 6) is 1.55. The summed E-state index contributed by atoms with van der Waals surface area (Å²) in [5.41, 5.74) is 4.74. The molecule has 4 aromatic rings. The van der Waals surface area contributed by atoms with Gasteiger partial charge in [0.05, 0.1) is 11.8 Å². The number of rotatable bonds is 7. The molecule has 0 radical (unpaired) electrons. The topological polar surface area (TPSA) is 96.8 Å². The first-order valence-electron chi connectivity index (χ1n) is 11.5. The molecular formula is C24H29N7OS. The quantitative estimate of drug-likeness (QED) is 0.387. The number of aromatic nitrogens is 4. The molecule has 0 atom stereocenters. The van der Waals surface area contributed by atoms with Crippen molar-refractivity contribution >= 4 is 44.4 Å². The Bertz CT molecular complexity index is 1270. The van der Waals surface area contributed by atoms with E-state index >= 15 is 0 Å². The van der Waals surface area contributed by atoms with Crippen LogP contribution >= 0.6 is 11.3 Å². The van der Waals surface area contributed by atoms with E-state index in [0.29, 0.717) is 18.9 Å². The Hall–Kier alpha value is -3.04. The van der Waals surface area contributed by atoms with E-state index in [0.717, 1.165) is 62.8 Å². The first-order valence-corrected chi connectivity index (χ1v) is 12.3. The lowest BCUT2D eigenvalue weighted by Crippen LogP contribution is -2.29. The van der Waals surface area contributed by atoms with E-state index in [1.807, 2.05) is 25.0 Å². The van der Waals surface area contributed by atoms with Gasteiger partial charge in [-0.15, -0.1) is 11.3 Å². The number of fused-ring (bicyclic) bond motifs is 3. The number of thiazole rings is 1. The highest BCUT2D eigenvalue weighted by Gasteiger charge is 2.17. The van der Waals surface area contributed by atoms with Crippen molar-refractivity contribution in [3.8, 4) is 10.6 Å². The van der Waals surface area contributed by atoms with Gasteiger partial charge >= 0.3 is 0 Å². The van der Waals surface area contributed by atoms with Gasteiger partial charge in [-0.25, -0.2) is 15.0 Å². The van der Waals surface area contributed by atoms with Gasteiger partial charge in [0.2, 0.25) is 5.91 Å². The van der Waals surface area contributed by atoms with Crippen LogP contribution in [0.4, 0.5) is 5.82 Å². The predicted molar refractivity (Wildman–Crippen MR) is 133 cm³/mol. The molecule has 3 N–H and O–H groups in total. The Kier molecular flexibility index (Phi) is 6.24. The Morgan fingerprint density at radius 3 is 2.76 bits per heavy atom. The first-order chi connectivity index (χ1) is 16.1. The number of amides is 1. The number of imidazole rings is 1. The van der Waals surface area contributed by atoms with Gasteiger partial charge < -0.3 is 20.5 Å². The minimum atomic E-state index is 0.135. The van der Waals surface area contributed by atoms with Crippen molar-refractivity contribution in [1.82, 2.24) is 30.2 Å². The number of piperidine rings is 1.